The number of hydrogen-bond acceptors (Lipinski definition) is 3. The summed E-state index contributed by atoms with van der Waals surface area (Å²) in [6.07, 6.45) is 16.7. The summed E-state index contributed by atoms with van der Waals surface area (Å²) in [5.74, 6) is -0.621. The summed E-state index contributed by atoms with van der Waals surface area (Å²) in [4.78, 5) is 11.2. The quantitative estimate of drug-likeness (QED) is 0.230. The largest absolute Gasteiger partial charge is 0.469 e. The van der Waals surface area contributed by atoms with E-state index in [4.69, 9.17) is 8.85 Å². The molecule has 1 heterocycles. The molecule has 0 saturated carbocycles. The smallest absolute Gasteiger partial charge is 0.305 e. The summed E-state index contributed by atoms with van der Waals surface area (Å²) in [7, 11) is -2.60. The summed E-state index contributed by atoms with van der Waals surface area (Å²) in [6.45, 7) is 2.25. The Labute approximate surface area is 141 Å². The Morgan fingerprint density at radius 3 is 2.05 bits per heavy atom. The predicted octanol–water partition coefficient (Wildman–Crippen LogP) is 5.41. The average Bonchev–Trinajstić information content (AvgIpc) is 3.26. The van der Waals surface area contributed by atoms with Gasteiger partial charge in [0.2, 0.25) is 0 Å². The van der Waals surface area contributed by atoms with Crippen molar-refractivity contribution in [1.29, 1.82) is 0 Å². The van der Waals surface area contributed by atoms with E-state index < -0.39 is 13.0 Å². The van der Waals surface area contributed by atoms with Gasteiger partial charge in [0.15, 0.2) is 0 Å². The molecular formula is C19H36O3. The topological polar surface area (TPSA) is 38.8 Å². The van der Waals surface area contributed by atoms with Gasteiger partial charge in [-0.3, -0.25) is 4.79 Å². The molecule has 0 N–H and O–H groups in total. The van der Waals surface area contributed by atoms with Gasteiger partial charge in [-0.2, -0.15) is 0 Å². The highest BCUT2D eigenvalue weighted by Crippen LogP contribution is 2.31. The maximum Gasteiger partial charge on any atom is 0.305 e. The van der Waals surface area contributed by atoms with E-state index in [2.05, 4.69) is 11.7 Å². The Morgan fingerprint density at radius 1 is 0.909 bits per heavy atom. The minimum absolute atomic E-state index is 0.199. The van der Waals surface area contributed by atoms with Crippen molar-refractivity contribution in [3.05, 3.63) is 0 Å². The van der Waals surface area contributed by atoms with Crippen molar-refractivity contribution in [2.75, 3.05) is 7.04 Å². The minimum Gasteiger partial charge on any atom is -0.469 e. The lowest BCUT2D eigenvalue weighted by Gasteiger charge is -2.01. The van der Waals surface area contributed by atoms with E-state index in [9.17, 15) is 4.79 Å². The van der Waals surface area contributed by atoms with Gasteiger partial charge in [-0.25, -0.2) is 0 Å². The number of epoxide rings is 1. The molecule has 1 aliphatic heterocycles. The third-order valence-electron chi connectivity index (χ3n) is 4.51. The first-order valence-electron chi connectivity index (χ1n) is 10.8. The van der Waals surface area contributed by atoms with Crippen LogP contribution in [0.1, 0.15) is 101 Å². The fourth-order valence-electron chi connectivity index (χ4n) is 3.01. The molecule has 0 aromatic heterocycles. The van der Waals surface area contributed by atoms with Gasteiger partial charge in [0.05, 0.1) is 23.4 Å². The van der Waals surface area contributed by atoms with Crippen molar-refractivity contribution in [3.63, 3.8) is 0 Å². The number of carbonyl (C=O) groups is 1. The van der Waals surface area contributed by atoms with Crippen LogP contribution in [0.15, 0.2) is 0 Å². The summed E-state index contributed by atoms with van der Waals surface area (Å²) >= 11 is 0. The molecule has 3 nitrogen and oxygen atoms in total. The van der Waals surface area contributed by atoms with E-state index in [-0.39, 0.29) is 6.42 Å². The van der Waals surface area contributed by atoms with E-state index in [1.807, 2.05) is 0 Å². The number of unbranched alkanes of at least 4 members (excludes halogenated alkanes) is 9. The number of carbonyl (C=O) groups excluding carboxylic acids is 1. The number of ether oxygens (including phenoxy) is 2. The summed E-state index contributed by atoms with van der Waals surface area (Å²) in [6, 6.07) is 0. The van der Waals surface area contributed by atoms with Crippen molar-refractivity contribution < 1.29 is 18.4 Å². The SMILES string of the molecule is [2H]C([2H])([2H])OC(=O)CCCCCCC[C@H]1O[C@@H]1CCCCCCCC. The fraction of sp³-hybridized carbons (Fsp3) is 0.947. The lowest BCUT2D eigenvalue weighted by Crippen LogP contribution is -1.99. The molecular weight excluding hydrogens is 276 g/mol. The molecule has 130 valence electrons. The maximum atomic E-state index is 11.2. The van der Waals surface area contributed by atoms with Crippen LogP contribution in [0.3, 0.4) is 0 Å². The van der Waals surface area contributed by atoms with Crippen LogP contribution in [-0.4, -0.2) is 25.2 Å². The Balaban J connectivity index is 1.82. The maximum absolute atomic E-state index is 11.2. The minimum atomic E-state index is -2.60. The highest BCUT2D eigenvalue weighted by atomic mass is 16.6. The molecule has 0 spiro atoms. The molecule has 0 aliphatic carbocycles. The molecule has 0 amide bonds. The second-order valence-electron chi connectivity index (χ2n) is 6.55. The van der Waals surface area contributed by atoms with Gasteiger partial charge in [0, 0.05) is 6.42 Å². The van der Waals surface area contributed by atoms with Gasteiger partial charge in [0.25, 0.3) is 0 Å². The van der Waals surface area contributed by atoms with Crippen LogP contribution in [0, 0.1) is 0 Å². The summed E-state index contributed by atoms with van der Waals surface area (Å²) < 4.78 is 30.6. The van der Waals surface area contributed by atoms with Crippen molar-refractivity contribution in [1.82, 2.24) is 0 Å². The predicted molar refractivity (Wildman–Crippen MR) is 91.0 cm³/mol. The molecule has 0 aromatic rings. The monoisotopic (exact) mass is 315 g/mol. The highest BCUT2D eigenvalue weighted by molar-refractivity contribution is 5.68. The molecule has 1 rings (SSSR count). The highest BCUT2D eigenvalue weighted by Gasteiger charge is 2.36. The van der Waals surface area contributed by atoms with Gasteiger partial charge >= 0.3 is 5.97 Å². The molecule has 1 saturated heterocycles. The van der Waals surface area contributed by atoms with Crippen molar-refractivity contribution >= 4 is 5.97 Å². The molecule has 0 bridgehead atoms. The summed E-state index contributed by atoms with van der Waals surface area (Å²) in [5.41, 5.74) is 0. The second kappa shape index (κ2) is 12.9. The first-order chi connectivity index (χ1) is 11.9. The zero-order chi connectivity index (χ0) is 18.5. The fourth-order valence-corrected chi connectivity index (χ4v) is 3.01. The van der Waals surface area contributed by atoms with Gasteiger partial charge in [0.1, 0.15) is 0 Å². The first-order valence-corrected chi connectivity index (χ1v) is 9.29. The molecule has 1 fully saturated rings. The summed E-state index contributed by atoms with van der Waals surface area (Å²) in [5, 5.41) is 0. The normalized spacial score (nSPS) is 22.7. The molecule has 0 aromatic carbocycles. The molecule has 22 heavy (non-hydrogen) atoms. The lowest BCUT2D eigenvalue weighted by atomic mass is 10.0. The van der Waals surface area contributed by atoms with Crippen LogP contribution >= 0.6 is 0 Å². The van der Waals surface area contributed by atoms with Crippen LogP contribution in [0.4, 0.5) is 0 Å². The molecule has 0 unspecified atom stereocenters. The van der Waals surface area contributed by atoms with E-state index in [1.165, 1.54) is 51.4 Å². The molecule has 3 heteroatoms. The first kappa shape index (κ1) is 15.0. The molecule has 2 atom stereocenters. The lowest BCUT2D eigenvalue weighted by molar-refractivity contribution is -0.140. The number of esters is 1. The van der Waals surface area contributed by atoms with Crippen LogP contribution < -0.4 is 0 Å². The molecule has 0 radical (unpaired) electrons. The Kier molecular flexibility index (Phi) is 8.80. The zero-order valence-electron chi connectivity index (χ0n) is 17.3. The standard InChI is InChI=1S/C19H36O3/c1-3-4-5-6-8-11-14-17-18(22-17)15-12-9-7-10-13-16-19(20)21-2/h17-18H,3-16H2,1-2H3/t17-,18-/m1/s1/i2D3. The van der Waals surface area contributed by atoms with Crippen LogP contribution in [0.5, 0.6) is 0 Å². The van der Waals surface area contributed by atoms with Gasteiger partial charge < -0.3 is 9.47 Å². The van der Waals surface area contributed by atoms with Gasteiger partial charge in [-0.1, -0.05) is 71.1 Å². The van der Waals surface area contributed by atoms with Gasteiger partial charge in [-0.05, 0) is 19.3 Å². The van der Waals surface area contributed by atoms with Crippen LogP contribution in [0.2, 0.25) is 0 Å². The van der Waals surface area contributed by atoms with E-state index in [0.717, 1.165) is 25.7 Å². The van der Waals surface area contributed by atoms with Crippen molar-refractivity contribution in [3.8, 4) is 0 Å². The Morgan fingerprint density at radius 2 is 1.45 bits per heavy atom. The third kappa shape index (κ3) is 10.2. The van der Waals surface area contributed by atoms with Gasteiger partial charge in [-0.15, -0.1) is 0 Å². The van der Waals surface area contributed by atoms with Crippen molar-refractivity contribution in [2.45, 2.75) is 109 Å². The number of rotatable bonds is 15. The van der Waals surface area contributed by atoms with E-state index in [1.54, 1.807) is 0 Å². The zero-order valence-corrected chi connectivity index (χ0v) is 14.3. The molecule has 1 aliphatic rings. The number of hydrogen-bond donors (Lipinski definition) is 0. The average molecular weight is 316 g/mol. The van der Waals surface area contributed by atoms with Crippen molar-refractivity contribution in [2.24, 2.45) is 0 Å². The number of methoxy groups -OCH3 is 1. The Hall–Kier alpha value is -0.570. The third-order valence-corrected chi connectivity index (χ3v) is 4.51. The van der Waals surface area contributed by atoms with E-state index in [0.29, 0.717) is 18.6 Å². The second-order valence-corrected chi connectivity index (χ2v) is 6.55. The van der Waals surface area contributed by atoms with Crippen LogP contribution in [-0.2, 0) is 14.3 Å². The Bertz CT molecular complexity index is 358. The van der Waals surface area contributed by atoms with E-state index >= 15 is 0 Å². The van der Waals surface area contributed by atoms with Crippen LogP contribution in [0.25, 0.3) is 0 Å².